The lowest BCUT2D eigenvalue weighted by Crippen LogP contribution is -2.45. The molecular weight excluding hydrogens is 280 g/mol. The molecule has 120 valence electrons. The molecule has 2 fully saturated rings. The molecular formula is C17H30N2OS. The van der Waals surface area contributed by atoms with E-state index in [9.17, 15) is 4.79 Å². The van der Waals surface area contributed by atoms with E-state index >= 15 is 0 Å². The first-order chi connectivity index (χ1) is 9.79. The Kier molecular flexibility index (Phi) is 5.29. The summed E-state index contributed by atoms with van der Waals surface area (Å²) in [4.78, 5) is 13.0. The molecule has 2 saturated carbocycles. The second-order valence-electron chi connectivity index (χ2n) is 7.97. The Morgan fingerprint density at radius 2 is 1.71 bits per heavy atom. The minimum atomic E-state index is 0.176. The van der Waals surface area contributed by atoms with Gasteiger partial charge in [-0.3, -0.25) is 4.79 Å². The van der Waals surface area contributed by atoms with Crippen LogP contribution in [0.25, 0.3) is 0 Å². The monoisotopic (exact) mass is 310 g/mol. The number of thiocarbonyl (C=S) groups is 1. The summed E-state index contributed by atoms with van der Waals surface area (Å²) in [6, 6.07) is 0.176. The first-order valence-corrected chi connectivity index (χ1v) is 8.79. The van der Waals surface area contributed by atoms with Crippen molar-refractivity contribution in [1.29, 1.82) is 0 Å². The molecule has 2 aliphatic carbocycles. The molecule has 0 aliphatic heterocycles. The van der Waals surface area contributed by atoms with Gasteiger partial charge in [0.2, 0.25) is 5.91 Å². The Balaban J connectivity index is 1.84. The van der Waals surface area contributed by atoms with E-state index in [0.717, 1.165) is 38.0 Å². The van der Waals surface area contributed by atoms with Crippen LogP contribution >= 0.6 is 12.2 Å². The van der Waals surface area contributed by atoms with Crippen molar-refractivity contribution in [3.05, 3.63) is 0 Å². The van der Waals surface area contributed by atoms with Gasteiger partial charge in [0.05, 0.1) is 4.99 Å². The van der Waals surface area contributed by atoms with Crippen molar-refractivity contribution in [2.75, 3.05) is 0 Å². The zero-order valence-corrected chi connectivity index (χ0v) is 14.5. The summed E-state index contributed by atoms with van der Waals surface area (Å²) in [5, 5.41) is 3.23. The molecule has 3 N–H and O–H groups in total. The SMILES string of the molecule is CC(C)(C)C1CCC(C(=O)NC2CCCC2C(N)=S)CC1. The number of nitrogens with one attached hydrogen (secondary N) is 1. The molecule has 2 aliphatic rings. The van der Waals surface area contributed by atoms with E-state index in [1.807, 2.05) is 0 Å². The molecule has 2 unspecified atom stereocenters. The minimum Gasteiger partial charge on any atom is -0.393 e. The van der Waals surface area contributed by atoms with Crippen molar-refractivity contribution >= 4 is 23.1 Å². The Bertz CT molecular complexity index is 394. The molecule has 0 heterocycles. The Morgan fingerprint density at radius 3 is 2.24 bits per heavy atom. The number of hydrogen-bond donors (Lipinski definition) is 2. The van der Waals surface area contributed by atoms with Crippen LogP contribution in [0.2, 0.25) is 0 Å². The van der Waals surface area contributed by atoms with Gasteiger partial charge in [0.1, 0.15) is 0 Å². The third-order valence-electron chi connectivity index (χ3n) is 5.53. The summed E-state index contributed by atoms with van der Waals surface area (Å²) in [5.41, 5.74) is 6.15. The van der Waals surface area contributed by atoms with E-state index in [2.05, 4.69) is 26.1 Å². The second-order valence-corrected chi connectivity index (χ2v) is 8.44. The lowest BCUT2D eigenvalue weighted by atomic mass is 9.69. The molecule has 0 aromatic heterocycles. The third-order valence-corrected chi connectivity index (χ3v) is 5.83. The fourth-order valence-electron chi connectivity index (χ4n) is 4.00. The van der Waals surface area contributed by atoms with Crippen molar-refractivity contribution in [3.8, 4) is 0 Å². The first-order valence-electron chi connectivity index (χ1n) is 8.38. The van der Waals surface area contributed by atoms with E-state index in [1.54, 1.807) is 0 Å². The number of amides is 1. The number of carbonyl (C=O) groups excluding carboxylic acids is 1. The van der Waals surface area contributed by atoms with Crippen LogP contribution in [0.3, 0.4) is 0 Å². The van der Waals surface area contributed by atoms with E-state index in [0.29, 0.717) is 10.4 Å². The molecule has 0 aromatic carbocycles. The zero-order chi connectivity index (χ0) is 15.6. The van der Waals surface area contributed by atoms with Crippen LogP contribution in [-0.2, 0) is 4.79 Å². The van der Waals surface area contributed by atoms with Gasteiger partial charge < -0.3 is 11.1 Å². The Labute approximate surface area is 134 Å². The minimum absolute atomic E-state index is 0.176. The topological polar surface area (TPSA) is 55.1 Å². The molecule has 4 heteroatoms. The van der Waals surface area contributed by atoms with Gasteiger partial charge in [-0.05, 0) is 49.9 Å². The molecule has 0 bridgehead atoms. The maximum absolute atomic E-state index is 12.5. The molecule has 0 radical (unpaired) electrons. The quantitative estimate of drug-likeness (QED) is 0.785. The maximum atomic E-state index is 12.5. The van der Waals surface area contributed by atoms with Gasteiger partial charge in [-0.15, -0.1) is 0 Å². The van der Waals surface area contributed by atoms with Crippen LogP contribution in [-0.4, -0.2) is 16.9 Å². The van der Waals surface area contributed by atoms with Crippen LogP contribution in [0.5, 0.6) is 0 Å². The summed E-state index contributed by atoms with van der Waals surface area (Å²) in [7, 11) is 0. The average Bonchev–Trinajstić information content (AvgIpc) is 2.86. The van der Waals surface area contributed by atoms with Gasteiger partial charge in [0.25, 0.3) is 0 Å². The van der Waals surface area contributed by atoms with Crippen LogP contribution < -0.4 is 11.1 Å². The molecule has 0 spiro atoms. The predicted molar refractivity (Wildman–Crippen MR) is 91.0 cm³/mol. The van der Waals surface area contributed by atoms with E-state index in [1.165, 1.54) is 12.8 Å². The highest BCUT2D eigenvalue weighted by molar-refractivity contribution is 7.80. The van der Waals surface area contributed by atoms with E-state index in [4.69, 9.17) is 18.0 Å². The van der Waals surface area contributed by atoms with Gasteiger partial charge in [-0.2, -0.15) is 0 Å². The summed E-state index contributed by atoms with van der Waals surface area (Å²) in [6.07, 6.45) is 7.55. The number of rotatable bonds is 3. The van der Waals surface area contributed by atoms with E-state index < -0.39 is 0 Å². The molecule has 21 heavy (non-hydrogen) atoms. The molecule has 2 atom stereocenters. The van der Waals surface area contributed by atoms with Crippen LogP contribution in [0.1, 0.15) is 65.7 Å². The second kappa shape index (κ2) is 6.64. The van der Waals surface area contributed by atoms with Gasteiger partial charge in [0, 0.05) is 17.9 Å². The highest BCUT2D eigenvalue weighted by Crippen LogP contribution is 2.40. The third kappa shape index (κ3) is 4.18. The van der Waals surface area contributed by atoms with Crippen molar-refractivity contribution in [1.82, 2.24) is 5.32 Å². The standard InChI is InChI=1S/C17H30N2OS/c1-17(2,3)12-9-7-11(8-10-12)16(20)19-14-6-4-5-13(14)15(18)21/h11-14H,4-10H2,1-3H3,(H2,18,21)(H,19,20). The van der Waals surface area contributed by atoms with Crippen molar-refractivity contribution in [3.63, 3.8) is 0 Å². The van der Waals surface area contributed by atoms with Crippen molar-refractivity contribution in [2.24, 2.45) is 28.9 Å². The number of nitrogens with two attached hydrogens (primary N) is 1. The fourth-order valence-corrected chi connectivity index (χ4v) is 4.28. The van der Waals surface area contributed by atoms with E-state index in [-0.39, 0.29) is 23.8 Å². The fraction of sp³-hybridized carbons (Fsp3) is 0.882. The Morgan fingerprint density at radius 1 is 1.10 bits per heavy atom. The number of hydrogen-bond acceptors (Lipinski definition) is 2. The molecule has 3 nitrogen and oxygen atoms in total. The normalized spacial score (nSPS) is 33.7. The lowest BCUT2D eigenvalue weighted by Gasteiger charge is -2.37. The molecule has 0 saturated heterocycles. The molecule has 0 aromatic rings. The summed E-state index contributed by atoms with van der Waals surface area (Å²) in [6.45, 7) is 6.93. The van der Waals surface area contributed by atoms with Crippen LogP contribution in [0.15, 0.2) is 0 Å². The summed E-state index contributed by atoms with van der Waals surface area (Å²) in [5.74, 6) is 1.37. The Hall–Kier alpha value is -0.640. The van der Waals surface area contributed by atoms with Crippen molar-refractivity contribution < 1.29 is 4.79 Å². The first kappa shape index (κ1) is 16.7. The zero-order valence-electron chi connectivity index (χ0n) is 13.7. The lowest BCUT2D eigenvalue weighted by molar-refractivity contribution is -0.127. The average molecular weight is 311 g/mol. The molecule has 2 rings (SSSR count). The highest BCUT2D eigenvalue weighted by Gasteiger charge is 2.35. The molecule has 1 amide bonds. The predicted octanol–water partition coefficient (Wildman–Crippen LogP) is 3.41. The van der Waals surface area contributed by atoms with Gasteiger partial charge in [0.15, 0.2) is 0 Å². The maximum Gasteiger partial charge on any atom is 0.223 e. The summed E-state index contributed by atoms with van der Waals surface area (Å²) >= 11 is 5.12. The number of carbonyl (C=O) groups is 1. The smallest absolute Gasteiger partial charge is 0.223 e. The largest absolute Gasteiger partial charge is 0.393 e. The van der Waals surface area contributed by atoms with Gasteiger partial charge in [-0.25, -0.2) is 0 Å². The van der Waals surface area contributed by atoms with Crippen molar-refractivity contribution in [2.45, 2.75) is 71.8 Å². The summed E-state index contributed by atoms with van der Waals surface area (Å²) < 4.78 is 0. The highest BCUT2D eigenvalue weighted by atomic mass is 32.1. The van der Waals surface area contributed by atoms with Crippen LogP contribution in [0, 0.1) is 23.2 Å². The van der Waals surface area contributed by atoms with Gasteiger partial charge >= 0.3 is 0 Å². The van der Waals surface area contributed by atoms with Crippen LogP contribution in [0.4, 0.5) is 0 Å². The van der Waals surface area contributed by atoms with Gasteiger partial charge in [-0.1, -0.05) is 39.4 Å².